The summed E-state index contributed by atoms with van der Waals surface area (Å²) in [6, 6.07) is 24.9. The van der Waals surface area contributed by atoms with Gasteiger partial charge in [0.25, 0.3) is 0 Å². The molecule has 0 spiro atoms. The van der Waals surface area contributed by atoms with Crippen LogP contribution in [0, 0.1) is 0 Å². The number of ether oxygens (including phenoxy) is 3. The summed E-state index contributed by atoms with van der Waals surface area (Å²) < 4.78 is 17.1. The molecule has 0 bridgehead atoms. The first-order chi connectivity index (χ1) is 16.2. The Kier molecular flexibility index (Phi) is 8.23. The Labute approximate surface area is 197 Å². The van der Waals surface area contributed by atoms with Crippen LogP contribution in [-0.2, 0) is 13.0 Å². The van der Waals surface area contributed by atoms with E-state index in [2.05, 4.69) is 70.5 Å². The van der Waals surface area contributed by atoms with Crippen molar-refractivity contribution in [2.45, 2.75) is 13.0 Å². The van der Waals surface area contributed by atoms with E-state index in [1.807, 2.05) is 12.1 Å². The van der Waals surface area contributed by atoms with Gasteiger partial charge >= 0.3 is 0 Å². The van der Waals surface area contributed by atoms with E-state index in [4.69, 9.17) is 14.2 Å². The lowest BCUT2D eigenvalue weighted by Gasteiger charge is -2.34. The maximum atomic E-state index is 6.20. The van der Waals surface area contributed by atoms with Crippen LogP contribution >= 0.6 is 0 Å². The van der Waals surface area contributed by atoms with Gasteiger partial charge in [0, 0.05) is 51.3 Å². The predicted molar refractivity (Wildman–Crippen MR) is 132 cm³/mol. The first kappa shape index (κ1) is 23.1. The Morgan fingerprint density at radius 2 is 1.42 bits per heavy atom. The normalized spacial score (nSPS) is 14.7. The molecule has 1 aliphatic rings. The topological polar surface area (TPSA) is 34.2 Å². The second kappa shape index (κ2) is 11.7. The van der Waals surface area contributed by atoms with Crippen molar-refractivity contribution >= 4 is 0 Å². The van der Waals surface area contributed by atoms with Crippen LogP contribution in [0.15, 0.2) is 72.8 Å². The third kappa shape index (κ3) is 6.50. The molecular weight excluding hydrogens is 412 g/mol. The third-order valence-electron chi connectivity index (χ3n) is 6.22. The number of hydrogen-bond donors (Lipinski definition) is 0. The van der Waals surface area contributed by atoms with E-state index in [1.54, 1.807) is 14.2 Å². The predicted octanol–water partition coefficient (Wildman–Crippen LogP) is 4.49. The highest BCUT2D eigenvalue weighted by atomic mass is 16.5. The van der Waals surface area contributed by atoms with E-state index in [0.717, 1.165) is 62.9 Å². The zero-order valence-electron chi connectivity index (χ0n) is 19.7. The number of benzene rings is 3. The zero-order chi connectivity index (χ0) is 22.9. The van der Waals surface area contributed by atoms with Gasteiger partial charge in [-0.25, -0.2) is 0 Å². The molecule has 5 heteroatoms. The summed E-state index contributed by atoms with van der Waals surface area (Å²) >= 11 is 0. The van der Waals surface area contributed by atoms with Gasteiger partial charge in [0.15, 0.2) is 0 Å². The fraction of sp³-hybridized carbons (Fsp3) is 0.357. The summed E-state index contributed by atoms with van der Waals surface area (Å²) in [6.07, 6.45) is 0.892. The summed E-state index contributed by atoms with van der Waals surface area (Å²) in [7, 11) is 3.42. The van der Waals surface area contributed by atoms with Crippen molar-refractivity contribution in [3.8, 4) is 17.2 Å². The number of para-hydroxylation sites is 1. The molecule has 1 fully saturated rings. The molecule has 0 aromatic heterocycles. The molecule has 0 saturated carbocycles. The second-order valence-corrected chi connectivity index (χ2v) is 8.41. The number of piperazine rings is 1. The van der Waals surface area contributed by atoms with Crippen LogP contribution in [0.25, 0.3) is 0 Å². The fourth-order valence-corrected chi connectivity index (χ4v) is 4.31. The Hall–Kier alpha value is -3.02. The molecule has 0 radical (unpaired) electrons. The van der Waals surface area contributed by atoms with Crippen molar-refractivity contribution in [1.82, 2.24) is 9.80 Å². The van der Waals surface area contributed by atoms with Crippen molar-refractivity contribution in [2.75, 3.05) is 53.6 Å². The third-order valence-corrected chi connectivity index (χ3v) is 6.22. The van der Waals surface area contributed by atoms with Gasteiger partial charge in [-0.3, -0.25) is 9.80 Å². The highest BCUT2D eigenvalue weighted by molar-refractivity contribution is 5.40. The van der Waals surface area contributed by atoms with Gasteiger partial charge < -0.3 is 14.2 Å². The lowest BCUT2D eigenvalue weighted by Crippen LogP contribution is -2.47. The number of nitrogens with zero attached hydrogens (tertiary/aromatic N) is 2. The van der Waals surface area contributed by atoms with E-state index < -0.39 is 0 Å². The average Bonchev–Trinajstić information content (AvgIpc) is 2.86. The number of rotatable bonds is 10. The molecule has 0 atom stereocenters. The lowest BCUT2D eigenvalue weighted by molar-refractivity contribution is 0.112. The Morgan fingerprint density at radius 1 is 0.697 bits per heavy atom. The average molecular weight is 447 g/mol. The second-order valence-electron chi connectivity index (χ2n) is 8.41. The van der Waals surface area contributed by atoms with E-state index in [1.165, 1.54) is 16.7 Å². The van der Waals surface area contributed by atoms with Gasteiger partial charge in [-0.05, 0) is 35.4 Å². The summed E-state index contributed by atoms with van der Waals surface area (Å²) in [5, 5.41) is 0. The van der Waals surface area contributed by atoms with Crippen molar-refractivity contribution in [1.29, 1.82) is 0 Å². The first-order valence-corrected chi connectivity index (χ1v) is 11.7. The standard InChI is InChI=1S/C28H34N2O3/c1-31-26-12-13-27(32-2)25(21-26)22-30-16-14-29(15-17-30)18-19-33-28-11-7-6-10-24(28)20-23-8-4-3-5-9-23/h3-13,21H,14-20,22H2,1-2H3. The summed E-state index contributed by atoms with van der Waals surface area (Å²) in [5.41, 5.74) is 3.71. The molecule has 0 aliphatic carbocycles. The summed E-state index contributed by atoms with van der Waals surface area (Å²) in [5.74, 6) is 2.78. The van der Waals surface area contributed by atoms with Gasteiger partial charge in [0.1, 0.15) is 23.9 Å². The Bertz CT molecular complexity index is 1000. The fourth-order valence-electron chi connectivity index (χ4n) is 4.31. The molecule has 33 heavy (non-hydrogen) atoms. The van der Waals surface area contributed by atoms with Crippen molar-refractivity contribution in [3.05, 3.63) is 89.5 Å². The summed E-state index contributed by atoms with van der Waals surface area (Å²) in [6.45, 7) is 6.67. The smallest absolute Gasteiger partial charge is 0.123 e. The molecule has 3 aromatic carbocycles. The largest absolute Gasteiger partial charge is 0.497 e. The molecule has 1 aliphatic heterocycles. The van der Waals surface area contributed by atoms with Gasteiger partial charge in [0.05, 0.1) is 14.2 Å². The number of methoxy groups -OCH3 is 2. The van der Waals surface area contributed by atoms with E-state index in [-0.39, 0.29) is 0 Å². The van der Waals surface area contributed by atoms with Gasteiger partial charge in [0.2, 0.25) is 0 Å². The van der Waals surface area contributed by atoms with Crippen LogP contribution in [-0.4, -0.2) is 63.4 Å². The van der Waals surface area contributed by atoms with Crippen LogP contribution in [0.2, 0.25) is 0 Å². The Balaban J connectivity index is 1.24. The van der Waals surface area contributed by atoms with Gasteiger partial charge in [-0.2, -0.15) is 0 Å². The van der Waals surface area contributed by atoms with Crippen LogP contribution in [0.5, 0.6) is 17.2 Å². The van der Waals surface area contributed by atoms with Crippen molar-refractivity contribution in [3.63, 3.8) is 0 Å². The molecule has 4 rings (SSSR count). The molecule has 0 unspecified atom stereocenters. The van der Waals surface area contributed by atoms with Crippen LogP contribution < -0.4 is 14.2 Å². The van der Waals surface area contributed by atoms with Crippen molar-refractivity contribution < 1.29 is 14.2 Å². The maximum absolute atomic E-state index is 6.20. The summed E-state index contributed by atoms with van der Waals surface area (Å²) in [4.78, 5) is 4.96. The van der Waals surface area contributed by atoms with E-state index in [9.17, 15) is 0 Å². The van der Waals surface area contributed by atoms with E-state index >= 15 is 0 Å². The molecule has 1 saturated heterocycles. The minimum Gasteiger partial charge on any atom is -0.497 e. The number of hydrogen-bond acceptors (Lipinski definition) is 5. The molecule has 3 aromatic rings. The molecule has 5 nitrogen and oxygen atoms in total. The Morgan fingerprint density at radius 3 is 2.18 bits per heavy atom. The van der Waals surface area contributed by atoms with E-state index in [0.29, 0.717) is 6.61 Å². The first-order valence-electron chi connectivity index (χ1n) is 11.7. The van der Waals surface area contributed by atoms with Crippen molar-refractivity contribution in [2.24, 2.45) is 0 Å². The molecule has 174 valence electrons. The lowest BCUT2D eigenvalue weighted by atomic mass is 10.0. The van der Waals surface area contributed by atoms with Gasteiger partial charge in [-0.1, -0.05) is 48.5 Å². The maximum Gasteiger partial charge on any atom is 0.123 e. The highest BCUT2D eigenvalue weighted by Crippen LogP contribution is 2.26. The zero-order valence-corrected chi connectivity index (χ0v) is 19.7. The molecular formula is C28H34N2O3. The molecule has 0 N–H and O–H groups in total. The van der Waals surface area contributed by atoms with Crippen LogP contribution in [0.4, 0.5) is 0 Å². The minimum atomic E-state index is 0.704. The molecule has 1 heterocycles. The van der Waals surface area contributed by atoms with Crippen LogP contribution in [0.1, 0.15) is 16.7 Å². The SMILES string of the molecule is COc1ccc(OC)c(CN2CCN(CCOc3ccccc3Cc3ccccc3)CC2)c1. The minimum absolute atomic E-state index is 0.704. The van der Waals surface area contributed by atoms with Crippen LogP contribution in [0.3, 0.4) is 0 Å². The molecule has 0 amide bonds. The quantitative estimate of drug-likeness (QED) is 0.458. The monoisotopic (exact) mass is 446 g/mol. The highest BCUT2D eigenvalue weighted by Gasteiger charge is 2.18. The van der Waals surface area contributed by atoms with Gasteiger partial charge in [-0.15, -0.1) is 0 Å².